The van der Waals surface area contributed by atoms with Crippen LogP contribution in [0, 0.1) is 0 Å². The molecule has 1 aliphatic heterocycles. The lowest BCUT2D eigenvalue weighted by Crippen LogP contribution is -2.28. The summed E-state index contributed by atoms with van der Waals surface area (Å²) in [6, 6.07) is 12.9. The van der Waals surface area contributed by atoms with Crippen LogP contribution in [0.1, 0.15) is 36.4 Å². The maximum absolute atomic E-state index is 9.50. The molecule has 2 aliphatic rings. The van der Waals surface area contributed by atoms with E-state index in [1.807, 2.05) is 6.07 Å². The third-order valence-corrected chi connectivity index (χ3v) is 5.17. The first-order chi connectivity index (χ1) is 12.2. The third kappa shape index (κ3) is 3.91. The summed E-state index contributed by atoms with van der Waals surface area (Å²) >= 11 is 0. The van der Waals surface area contributed by atoms with E-state index in [-0.39, 0.29) is 6.10 Å². The summed E-state index contributed by atoms with van der Waals surface area (Å²) in [5.41, 5.74) is 8.17. The monoisotopic (exact) mass is 339 g/mol. The van der Waals surface area contributed by atoms with Gasteiger partial charge in [0, 0.05) is 37.7 Å². The van der Waals surface area contributed by atoms with Crippen LogP contribution in [0.15, 0.2) is 36.4 Å². The van der Waals surface area contributed by atoms with Crippen molar-refractivity contribution in [3.8, 4) is 0 Å². The number of hydrogen-bond acceptors (Lipinski definition) is 6. The molecule has 2 aromatic rings. The van der Waals surface area contributed by atoms with Crippen LogP contribution in [0.4, 0.5) is 11.8 Å². The summed E-state index contributed by atoms with van der Waals surface area (Å²) in [5, 5.41) is 13.0. The van der Waals surface area contributed by atoms with E-state index in [1.54, 1.807) is 0 Å². The van der Waals surface area contributed by atoms with E-state index >= 15 is 0 Å². The highest BCUT2D eigenvalue weighted by Gasteiger charge is 2.30. The molecule has 0 radical (unpaired) electrons. The van der Waals surface area contributed by atoms with Crippen LogP contribution in [-0.2, 0) is 6.54 Å². The second kappa shape index (κ2) is 6.98. The number of nitrogen functional groups attached to an aromatic ring is 1. The number of benzene rings is 1. The van der Waals surface area contributed by atoms with Gasteiger partial charge in [0.05, 0.1) is 11.8 Å². The highest BCUT2D eigenvalue weighted by Crippen LogP contribution is 2.36. The number of rotatable bonds is 5. The zero-order valence-corrected chi connectivity index (χ0v) is 14.3. The fourth-order valence-electron chi connectivity index (χ4n) is 3.74. The highest BCUT2D eigenvalue weighted by molar-refractivity contribution is 5.43. The van der Waals surface area contributed by atoms with E-state index in [0.29, 0.717) is 17.9 Å². The quantitative estimate of drug-likeness (QED) is 0.772. The van der Waals surface area contributed by atoms with E-state index in [2.05, 4.69) is 50.5 Å². The first-order valence-corrected chi connectivity index (χ1v) is 9.01. The second-order valence-corrected chi connectivity index (χ2v) is 7.21. The molecule has 1 atom stereocenters. The van der Waals surface area contributed by atoms with E-state index in [1.165, 1.54) is 5.56 Å². The molecule has 6 heteroatoms. The molecule has 6 nitrogen and oxygen atoms in total. The van der Waals surface area contributed by atoms with Crippen molar-refractivity contribution in [2.24, 2.45) is 0 Å². The van der Waals surface area contributed by atoms with Crippen molar-refractivity contribution in [3.63, 3.8) is 0 Å². The van der Waals surface area contributed by atoms with Gasteiger partial charge in [0.25, 0.3) is 0 Å². The Balaban J connectivity index is 1.36. The predicted octanol–water partition coefficient (Wildman–Crippen LogP) is 1.98. The van der Waals surface area contributed by atoms with Crippen molar-refractivity contribution in [2.45, 2.75) is 43.9 Å². The van der Waals surface area contributed by atoms with Gasteiger partial charge in [-0.3, -0.25) is 4.90 Å². The number of nitrogens with one attached hydrogen (secondary N) is 1. The van der Waals surface area contributed by atoms with E-state index < -0.39 is 0 Å². The summed E-state index contributed by atoms with van der Waals surface area (Å²) in [6.07, 6.45) is 2.43. The summed E-state index contributed by atoms with van der Waals surface area (Å²) in [5.74, 6) is 1.41. The molecule has 4 N–H and O–H groups in total. The summed E-state index contributed by atoms with van der Waals surface area (Å²) in [4.78, 5) is 11.1. The number of nitrogens with zero attached hydrogens (tertiary/aromatic N) is 3. The van der Waals surface area contributed by atoms with Crippen LogP contribution in [0.3, 0.4) is 0 Å². The van der Waals surface area contributed by atoms with Gasteiger partial charge in [-0.2, -0.15) is 4.98 Å². The van der Waals surface area contributed by atoms with Gasteiger partial charge in [0.15, 0.2) is 0 Å². The van der Waals surface area contributed by atoms with Crippen LogP contribution in [0.25, 0.3) is 0 Å². The van der Waals surface area contributed by atoms with E-state index in [4.69, 9.17) is 5.73 Å². The van der Waals surface area contributed by atoms with E-state index in [9.17, 15) is 5.11 Å². The van der Waals surface area contributed by atoms with Crippen LogP contribution in [-0.4, -0.2) is 45.2 Å². The maximum atomic E-state index is 9.50. The standard InChI is InChI=1S/C19H25N5O/c20-19-22-17(14-8-16(25)9-14)10-18(23-19)21-15-6-7-24(12-15)11-13-4-2-1-3-5-13/h1-5,10,14-16,25H,6-9,11-12H2,(H3,20,21,22,23)/t14?,15-,16?/m0/s1. The first kappa shape index (κ1) is 16.3. The Hall–Kier alpha value is -2.18. The zero-order valence-electron chi connectivity index (χ0n) is 14.3. The smallest absolute Gasteiger partial charge is 0.222 e. The van der Waals surface area contributed by atoms with Crippen LogP contribution in [0.2, 0.25) is 0 Å². The number of aliphatic hydroxyl groups excluding tert-OH is 1. The lowest BCUT2D eigenvalue weighted by atomic mass is 9.80. The van der Waals surface area contributed by atoms with Gasteiger partial charge in [-0.15, -0.1) is 0 Å². The van der Waals surface area contributed by atoms with Gasteiger partial charge in [-0.1, -0.05) is 30.3 Å². The predicted molar refractivity (Wildman–Crippen MR) is 98.2 cm³/mol. The van der Waals surface area contributed by atoms with E-state index in [0.717, 1.165) is 50.4 Å². The summed E-state index contributed by atoms with van der Waals surface area (Å²) < 4.78 is 0. The average Bonchev–Trinajstić information content (AvgIpc) is 2.99. The second-order valence-electron chi connectivity index (χ2n) is 7.21. The minimum Gasteiger partial charge on any atom is -0.393 e. The first-order valence-electron chi connectivity index (χ1n) is 9.01. The van der Waals surface area contributed by atoms with Crippen molar-refractivity contribution < 1.29 is 5.11 Å². The summed E-state index contributed by atoms with van der Waals surface area (Å²) in [7, 11) is 0. The molecule has 25 heavy (non-hydrogen) atoms. The van der Waals surface area contributed by atoms with Crippen LogP contribution >= 0.6 is 0 Å². The van der Waals surface area contributed by atoms with Crippen molar-refractivity contribution in [1.29, 1.82) is 0 Å². The number of hydrogen-bond donors (Lipinski definition) is 3. The highest BCUT2D eigenvalue weighted by atomic mass is 16.3. The molecule has 1 saturated heterocycles. The molecule has 0 unspecified atom stereocenters. The van der Waals surface area contributed by atoms with Crippen molar-refractivity contribution >= 4 is 11.8 Å². The molecule has 2 heterocycles. The van der Waals surface area contributed by atoms with Gasteiger partial charge in [0.1, 0.15) is 5.82 Å². The Morgan fingerprint density at radius 1 is 1.20 bits per heavy atom. The molecule has 1 saturated carbocycles. The zero-order chi connectivity index (χ0) is 17.2. The fourth-order valence-corrected chi connectivity index (χ4v) is 3.74. The Morgan fingerprint density at radius 2 is 2.00 bits per heavy atom. The Bertz CT molecular complexity index is 717. The Labute approximate surface area is 148 Å². The van der Waals surface area contributed by atoms with Gasteiger partial charge < -0.3 is 16.2 Å². The number of anilines is 2. The molecule has 0 bridgehead atoms. The van der Waals surface area contributed by atoms with Gasteiger partial charge in [-0.25, -0.2) is 4.98 Å². The topological polar surface area (TPSA) is 87.3 Å². The minimum absolute atomic E-state index is 0.195. The molecule has 1 aromatic carbocycles. The number of likely N-dealkylation sites (tertiary alicyclic amines) is 1. The minimum atomic E-state index is -0.195. The molecule has 1 aromatic heterocycles. The Kier molecular flexibility index (Phi) is 4.55. The van der Waals surface area contributed by atoms with Crippen molar-refractivity contribution in [1.82, 2.24) is 14.9 Å². The number of nitrogens with two attached hydrogens (primary N) is 1. The lowest BCUT2D eigenvalue weighted by molar-refractivity contribution is 0.0732. The molecule has 4 rings (SSSR count). The normalized spacial score (nSPS) is 26.4. The molecule has 0 amide bonds. The average molecular weight is 339 g/mol. The molecule has 0 spiro atoms. The van der Waals surface area contributed by atoms with Gasteiger partial charge in [0.2, 0.25) is 5.95 Å². The summed E-state index contributed by atoms with van der Waals surface area (Å²) in [6.45, 7) is 3.06. The Morgan fingerprint density at radius 3 is 2.76 bits per heavy atom. The number of aromatic nitrogens is 2. The van der Waals surface area contributed by atoms with Gasteiger partial charge in [-0.05, 0) is 24.8 Å². The molecule has 132 valence electrons. The van der Waals surface area contributed by atoms with Crippen LogP contribution < -0.4 is 11.1 Å². The van der Waals surface area contributed by atoms with Crippen LogP contribution in [0.5, 0.6) is 0 Å². The fraction of sp³-hybridized carbons (Fsp3) is 0.474. The SMILES string of the molecule is Nc1nc(N[C@H]2CCN(Cc3ccccc3)C2)cc(C2CC(O)C2)n1. The van der Waals surface area contributed by atoms with Crippen molar-refractivity contribution in [2.75, 3.05) is 24.1 Å². The maximum Gasteiger partial charge on any atom is 0.222 e. The molecular formula is C19H25N5O. The molecule has 1 aliphatic carbocycles. The molecule has 2 fully saturated rings. The third-order valence-electron chi connectivity index (χ3n) is 5.17. The lowest BCUT2D eigenvalue weighted by Gasteiger charge is -2.31. The van der Waals surface area contributed by atoms with Crippen molar-refractivity contribution in [3.05, 3.63) is 47.7 Å². The van der Waals surface area contributed by atoms with Gasteiger partial charge >= 0.3 is 0 Å². The largest absolute Gasteiger partial charge is 0.393 e. The number of aliphatic hydroxyl groups is 1. The molecular weight excluding hydrogens is 314 g/mol.